The predicted molar refractivity (Wildman–Crippen MR) is 86.0 cm³/mol. The molecule has 0 radical (unpaired) electrons. The van der Waals surface area contributed by atoms with Crippen molar-refractivity contribution in [3.8, 4) is 5.88 Å². The van der Waals surface area contributed by atoms with Gasteiger partial charge in [0.15, 0.2) is 0 Å². The smallest absolute Gasteiger partial charge is 0.306 e. The molecule has 0 aliphatic heterocycles. The third kappa shape index (κ3) is 5.00. The van der Waals surface area contributed by atoms with Crippen LogP contribution in [0.15, 0.2) is 18.3 Å². The Kier molecular flexibility index (Phi) is 6.69. The predicted octanol–water partition coefficient (Wildman–Crippen LogP) is 4.10. The number of carbonyl (C=O) groups excluding carboxylic acids is 1. The van der Waals surface area contributed by atoms with Crippen molar-refractivity contribution in [3.05, 3.63) is 23.9 Å². The van der Waals surface area contributed by atoms with Crippen LogP contribution in [0.25, 0.3) is 0 Å². The zero-order valence-corrected chi connectivity index (χ0v) is 13.7. The minimum atomic E-state index is -0.149. The summed E-state index contributed by atoms with van der Waals surface area (Å²) in [7, 11) is 3.06. The highest BCUT2D eigenvalue weighted by Crippen LogP contribution is 2.33. The lowest BCUT2D eigenvalue weighted by molar-refractivity contribution is -0.141. The van der Waals surface area contributed by atoms with Gasteiger partial charge in [0.05, 0.1) is 20.6 Å². The quantitative estimate of drug-likeness (QED) is 0.712. The maximum absolute atomic E-state index is 11.7. The molecule has 2 rings (SSSR count). The SMILES string of the molecule is COC(=O)CC(CCC1CCCCC1)c1ccc(OC)nc1. The first-order valence-corrected chi connectivity index (χ1v) is 8.29. The fraction of sp³-hybridized carbons (Fsp3) is 0.667. The third-order valence-corrected chi connectivity index (χ3v) is 4.73. The summed E-state index contributed by atoms with van der Waals surface area (Å²) >= 11 is 0. The molecule has 0 aromatic carbocycles. The van der Waals surface area contributed by atoms with Crippen LogP contribution in [0.4, 0.5) is 0 Å². The van der Waals surface area contributed by atoms with Crippen molar-refractivity contribution >= 4 is 5.97 Å². The van der Waals surface area contributed by atoms with Gasteiger partial charge in [0, 0.05) is 12.3 Å². The Morgan fingerprint density at radius 2 is 2.05 bits per heavy atom. The van der Waals surface area contributed by atoms with E-state index in [2.05, 4.69) is 4.98 Å². The largest absolute Gasteiger partial charge is 0.481 e. The van der Waals surface area contributed by atoms with Gasteiger partial charge in [0.25, 0.3) is 0 Å². The second-order valence-electron chi connectivity index (χ2n) is 6.19. The van der Waals surface area contributed by atoms with E-state index in [4.69, 9.17) is 9.47 Å². The average Bonchev–Trinajstić information content (AvgIpc) is 2.59. The van der Waals surface area contributed by atoms with Gasteiger partial charge in [-0.3, -0.25) is 4.79 Å². The molecule has 1 saturated carbocycles. The Labute approximate surface area is 133 Å². The summed E-state index contributed by atoms with van der Waals surface area (Å²) in [5.41, 5.74) is 1.10. The zero-order valence-electron chi connectivity index (χ0n) is 13.7. The van der Waals surface area contributed by atoms with E-state index in [1.165, 1.54) is 45.6 Å². The van der Waals surface area contributed by atoms with Gasteiger partial charge in [0.1, 0.15) is 0 Å². The third-order valence-electron chi connectivity index (χ3n) is 4.73. The number of aromatic nitrogens is 1. The second kappa shape index (κ2) is 8.76. The van der Waals surface area contributed by atoms with E-state index in [1.807, 2.05) is 18.3 Å². The van der Waals surface area contributed by atoms with Crippen molar-refractivity contribution in [1.29, 1.82) is 0 Å². The number of hydrogen-bond donors (Lipinski definition) is 0. The van der Waals surface area contributed by atoms with Gasteiger partial charge in [-0.1, -0.05) is 38.2 Å². The fourth-order valence-electron chi connectivity index (χ4n) is 3.34. The van der Waals surface area contributed by atoms with Gasteiger partial charge in [-0.15, -0.1) is 0 Å². The maximum atomic E-state index is 11.7. The van der Waals surface area contributed by atoms with Gasteiger partial charge >= 0.3 is 5.97 Å². The first-order valence-electron chi connectivity index (χ1n) is 8.29. The highest BCUT2D eigenvalue weighted by molar-refractivity contribution is 5.70. The van der Waals surface area contributed by atoms with Crippen molar-refractivity contribution in [1.82, 2.24) is 4.98 Å². The molecule has 4 nitrogen and oxygen atoms in total. The van der Waals surface area contributed by atoms with Gasteiger partial charge in [-0.05, 0) is 30.2 Å². The molecule has 1 atom stereocenters. The van der Waals surface area contributed by atoms with Gasteiger partial charge in [-0.25, -0.2) is 4.98 Å². The molecular formula is C18H27NO3. The van der Waals surface area contributed by atoms with Crippen LogP contribution in [0.2, 0.25) is 0 Å². The molecule has 1 heterocycles. The average molecular weight is 305 g/mol. The van der Waals surface area contributed by atoms with E-state index in [-0.39, 0.29) is 11.9 Å². The molecule has 1 aliphatic carbocycles. The first-order chi connectivity index (χ1) is 10.7. The molecule has 1 fully saturated rings. The van der Waals surface area contributed by atoms with Crippen LogP contribution in [0.5, 0.6) is 5.88 Å². The number of esters is 1. The summed E-state index contributed by atoms with van der Waals surface area (Å²) in [6.07, 6.45) is 11.2. The van der Waals surface area contributed by atoms with Crippen molar-refractivity contribution in [2.75, 3.05) is 14.2 Å². The Morgan fingerprint density at radius 3 is 2.64 bits per heavy atom. The number of ether oxygens (including phenoxy) is 2. The number of nitrogens with zero attached hydrogens (tertiary/aromatic N) is 1. The summed E-state index contributed by atoms with van der Waals surface area (Å²) in [6, 6.07) is 3.88. The lowest BCUT2D eigenvalue weighted by atomic mass is 9.82. The van der Waals surface area contributed by atoms with E-state index in [1.54, 1.807) is 7.11 Å². The van der Waals surface area contributed by atoms with E-state index in [0.29, 0.717) is 12.3 Å². The van der Waals surface area contributed by atoms with Crippen LogP contribution < -0.4 is 4.74 Å². The first kappa shape index (κ1) is 16.8. The molecule has 1 aliphatic rings. The van der Waals surface area contributed by atoms with E-state index >= 15 is 0 Å². The second-order valence-corrected chi connectivity index (χ2v) is 6.19. The summed E-state index contributed by atoms with van der Waals surface area (Å²) in [4.78, 5) is 16.0. The van der Waals surface area contributed by atoms with Crippen molar-refractivity contribution in [2.24, 2.45) is 5.92 Å². The topological polar surface area (TPSA) is 48.4 Å². The minimum Gasteiger partial charge on any atom is -0.481 e. The Morgan fingerprint density at radius 1 is 1.27 bits per heavy atom. The molecule has 0 spiro atoms. The van der Waals surface area contributed by atoms with Crippen LogP contribution in [0.1, 0.15) is 62.8 Å². The number of pyridine rings is 1. The maximum Gasteiger partial charge on any atom is 0.306 e. The van der Waals surface area contributed by atoms with Crippen LogP contribution in [-0.2, 0) is 9.53 Å². The zero-order chi connectivity index (χ0) is 15.8. The van der Waals surface area contributed by atoms with E-state index < -0.39 is 0 Å². The van der Waals surface area contributed by atoms with Crippen LogP contribution in [0, 0.1) is 5.92 Å². The Hall–Kier alpha value is -1.58. The molecule has 0 bridgehead atoms. The summed E-state index contributed by atoms with van der Waals surface area (Å²) in [5.74, 6) is 1.46. The Bertz CT molecular complexity index is 452. The van der Waals surface area contributed by atoms with Crippen molar-refractivity contribution in [2.45, 2.75) is 57.3 Å². The van der Waals surface area contributed by atoms with Crippen LogP contribution in [-0.4, -0.2) is 25.2 Å². The molecular weight excluding hydrogens is 278 g/mol. The molecule has 22 heavy (non-hydrogen) atoms. The van der Waals surface area contributed by atoms with Gasteiger partial charge < -0.3 is 9.47 Å². The molecule has 1 aromatic heterocycles. The van der Waals surface area contributed by atoms with Gasteiger partial charge in [-0.2, -0.15) is 0 Å². The standard InChI is InChI=1S/C18H27NO3/c1-21-17-11-10-16(13-19-17)15(12-18(20)22-2)9-8-14-6-4-3-5-7-14/h10-11,13-15H,3-9,12H2,1-2H3. The summed E-state index contributed by atoms with van der Waals surface area (Å²) in [5, 5.41) is 0. The van der Waals surface area contributed by atoms with E-state index in [9.17, 15) is 4.79 Å². The molecule has 0 N–H and O–H groups in total. The fourth-order valence-corrected chi connectivity index (χ4v) is 3.34. The van der Waals surface area contributed by atoms with E-state index in [0.717, 1.165) is 17.9 Å². The number of hydrogen-bond acceptors (Lipinski definition) is 4. The van der Waals surface area contributed by atoms with Crippen LogP contribution in [0.3, 0.4) is 0 Å². The highest BCUT2D eigenvalue weighted by atomic mass is 16.5. The summed E-state index contributed by atoms with van der Waals surface area (Å²) < 4.78 is 9.96. The number of carbonyl (C=O) groups is 1. The molecule has 0 saturated heterocycles. The number of methoxy groups -OCH3 is 2. The molecule has 1 unspecified atom stereocenters. The lowest BCUT2D eigenvalue weighted by Gasteiger charge is -2.24. The monoisotopic (exact) mass is 305 g/mol. The number of rotatable bonds is 7. The minimum absolute atomic E-state index is 0.149. The van der Waals surface area contributed by atoms with Gasteiger partial charge in [0.2, 0.25) is 5.88 Å². The molecule has 0 amide bonds. The lowest BCUT2D eigenvalue weighted by Crippen LogP contribution is -2.12. The highest BCUT2D eigenvalue weighted by Gasteiger charge is 2.20. The summed E-state index contributed by atoms with van der Waals surface area (Å²) in [6.45, 7) is 0. The van der Waals surface area contributed by atoms with Crippen LogP contribution >= 0.6 is 0 Å². The Balaban J connectivity index is 1.98. The molecule has 1 aromatic rings. The van der Waals surface area contributed by atoms with Crippen molar-refractivity contribution in [3.63, 3.8) is 0 Å². The molecule has 122 valence electrons. The molecule has 4 heteroatoms. The van der Waals surface area contributed by atoms with Crippen molar-refractivity contribution < 1.29 is 14.3 Å². The normalized spacial score (nSPS) is 17.0.